The van der Waals surface area contributed by atoms with Crippen LogP contribution in [0, 0.1) is 27.9 Å². The van der Waals surface area contributed by atoms with Crippen molar-refractivity contribution in [2.75, 3.05) is 11.9 Å². The number of anilines is 1. The van der Waals surface area contributed by atoms with Gasteiger partial charge in [0.2, 0.25) is 5.82 Å². The van der Waals surface area contributed by atoms with Gasteiger partial charge in [0, 0.05) is 23.3 Å². The molecule has 0 aromatic carbocycles. The number of hydrogen-bond acceptors (Lipinski definition) is 4. The second-order valence-corrected chi connectivity index (χ2v) is 6.23. The molecule has 0 unspecified atom stereocenters. The van der Waals surface area contributed by atoms with Gasteiger partial charge in [-0.1, -0.05) is 27.7 Å². The lowest BCUT2D eigenvalue weighted by molar-refractivity contribution is -0.384. The molecule has 5 nitrogen and oxygen atoms in total. The summed E-state index contributed by atoms with van der Waals surface area (Å²) in [6, 6.07) is 1.47. The Morgan fingerprint density at radius 3 is 2.42 bits per heavy atom. The molecule has 1 aromatic heterocycles. The third-order valence-electron chi connectivity index (χ3n) is 3.25. The highest BCUT2D eigenvalue weighted by atomic mass is 79.9. The fourth-order valence-electron chi connectivity index (χ4n) is 2.16. The van der Waals surface area contributed by atoms with E-state index in [1.165, 1.54) is 6.07 Å². The quantitative estimate of drug-likeness (QED) is 0.630. The molecule has 1 aromatic rings. The predicted octanol–water partition coefficient (Wildman–Crippen LogP) is 4.09. The van der Waals surface area contributed by atoms with Crippen LogP contribution < -0.4 is 5.32 Å². The molecule has 0 fully saturated rings. The minimum absolute atomic E-state index is 0.000590. The van der Waals surface area contributed by atoms with Crippen molar-refractivity contribution in [3.05, 3.63) is 26.9 Å². The van der Waals surface area contributed by atoms with Crippen LogP contribution in [0.1, 0.15) is 27.7 Å². The van der Waals surface area contributed by atoms with Crippen molar-refractivity contribution in [1.82, 2.24) is 4.98 Å². The molecule has 0 aliphatic heterocycles. The first-order valence-corrected chi connectivity index (χ1v) is 7.16. The Morgan fingerprint density at radius 2 is 1.95 bits per heavy atom. The van der Waals surface area contributed by atoms with Gasteiger partial charge in [0.05, 0.1) is 4.92 Å². The Labute approximate surface area is 122 Å². The van der Waals surface area contributed by atoms with Gasteiger partial charge in [0.25, 0.3) is 0 Å². The van der Waals surface area contributed by atoms with E-state index in [-0.39, 0.29) is 5.69 Å². The monoisotopic (exact) mass is 329 g/mol. The second-order valence-electron chi connectivity index (χ2n) is 5.31. The predicted molar refractivity (Wildman–Crippen MR) is 80.2 cm³/mol. The largest absolute Gasteiger partial charge is 0.364 e. The lowest BCUT2D eigenvalue weighted by atomic mass is 9.85. The van der Waals surface area contributed by atoms with Gasteiger partial charge in [-0.15, -0.1) is 0 Å². The van der Waals surface area contributed by atoms with Crippen LogP contribution in [-0.2, 0) is 0 Å². The topological polar surface area (TPSA) is 68.1 Å². The molecule has 0 radical (unpaired) electrons. The summed E-state index contributed by atoms with van der Waals surface area (Å²) < 4.78 is 0.606. The van der Waals surface area contributed by atoms with Gasteiger partial charge in [-0.3, -0.25) is 10.1 Å². The summed E-state index contributed by atoms with van der Waals surface area (Å²) in [5.74, 6) is 1.81. The Bertz CT molecular complexity index is 442. The fourth-order valence-corrected chi connectivity index (χ4v) is 2.48. The molecular weight excluding hydrogens is 310 g/mol. The molecule has 0 amide bonds. The highest BCUT2D eigenvalue weighted by Crippen LogP contribution is 2.27. The van der Waals surface area contributed by atoms with Crippen molar-refractivity contribution in [1.29, 1.82) is 0 Å². The van der Waals surface area contributed by atoms with Gasteiger partial charge < -0.3 is 5.32 Å². The normalized spacial score (nSPS) is 11.4. The van der Waals surface area contributed by atoms with Gasteiger partial charge in [-0.05, 0) is 33.7 Å². The summed E-state index contributed by atoms with van der Waals surface area (Å²) in [6.07, 6.45) is 1.56. The zero-order chi connectivity index (χ0) is 14.6. The van der Waals surface area contributed by atoms with Crippen molar-refractivity contribution in [3.63, 3.8) is 0 Å². The maximum Gasteiger partial charge on any atom is 0.312 e. The highest BCUT2D eigenvalue weighted by Gasteiger charge is 2.20. The molecule has 1 N–H and O–H groups in total. The van der Waals surface area contributed by atoms with E-state index in [4.69, 9.17) is 0 Å². The number of nitrogens with zero attached hydrogens (tertiary/aromatic N) is 2. The van der Waals surface area contributed by atoms with Gasteiger partial charge in [-0.25, -0.2) is 4.98 Å². The summed E-state index contributed by atoms with van der Waals surface area (Å²) in [7, 11) is 0. The first-order valence-electron chi connectivity index (χ1n) is 6.36. The number of halogens is 1. The van der Waals surface area contributed by atoms with Crippen LogP contribution in [0.5, 0.6) is 0 Å². The molecule has 1 rings (SSSR count). The maximum absolute atomic E-state index is 11.0. The summed E-state index contributed by atoms with van der Waals surface area (Å²) >= 11 is 3.20. The number of aromatic nitrogens is 1. The van der Waals surface area contributed by atoms with E-state index in [2.05, 4.69) is 53.9 Å². The molecule has 1 heterocycles. The average Bonchev–Trinajstić information content (AvgIpc) is 2.29. The highest BCUT2D eigenvalue weighted by molar-refractivity contribution is 9.10. The van der Waals surface area contributed by atoms with E-state index in [9.17, 15) is 10.1 Å². The molecular formula is C13H20BrN3O2. The average molecular weight is 330 g/mol. The maximum atomic E-state index is 11.0. The molecule has 0 bridgehead atoms. The van der Waals surface area contributed by atoms with Crippen LogP contribution in [0.2, 0.25) is 0 Å². The van der Waals surface area contributed by atoms with Gasteiger partial charge >= 0.3 is 5.69 Å². The van der Waals surface area contributed by atoms with Crippen LogP contribution in [0.4, 0.5) is 11.5 Å². The summed E-state index contributed by atoms with van der Waals surface area (Å²) in [6.45, 7) is 9.34. The van der Waals surface area contributed by atoms with Crippen LogP contribution >= 0.6 is 15.9 Å². The number of rotatable bonds is 6. The van der Waals surface area contributed by atoms with E-state index >= 15 is 0 Å². The van der Waals surface area contributed by atoms with Gasteiger partial charge in [0.15, 0.2) is 0 Å². The van der Waals surface area contributed by atoms with Crippen molar-refractivity contribution in [2.45, 2.75) is 27.7 Å². The van der Waals surface area contributed by atoms with E-state index < -0.39 is 4.92 Å². The Hall–Kier alpha value is -1.17. The van der Waals surface area contributed by atoms with Crippen molar-refractivity contribution in [2.24, 2.45) is 17.8 Å². The van der Waals surface area contributed by atoms with Crippen LogP contribution in [-0.4, -0.2) is 16.5 Å². The molecule has 0 spiro atoms. The standard InChI is InChI=1S/C13H20BrN3O2/c1-8(2)11(9(3)4)7-16-13-12(17(18)19)5-10(14)6-15-13/h5-6,8-9,11H,7H2,1-4H3,(H,15,16). The Balaban J connectivity index is 2.85. The zero-order valence-electron chi connectivity index (χ0n) is 11.7. The number of nitro groups is 1. The zero-order valence-corrected chi connectivity index (χ0v) is 13.3. The van der Waals surface area contributed by atoms with Gasteiger partial charge in [-0.2, -0.15) is 0 Å². The van der Waals surface area contributed by atoms with E-state index in [1.54, 1.807) is 6.20 Å². The SMILES string of the molecule is CC(C)C(CNc1ncc(Br)cc1[N+](=O)[O-])C(C)C. The molecule has 0 saturated heterocycles. The number of pyridine rings is 1. The first kappa shape index (κ1) is 15.9. The third kappa shape index (κ3) is 4.45. The minimum Gasteiger partial charge on any atom is -0.364 e. The molecule has 0 atom stereocenters. The summed E-state index contributed by atoms with van der Waals surface area (Å²) in [5.41, 5.74) is 0.000590. The molecule has 106 valence electrons. The molecule has 6 heteroatoms. The van der Waals surface area contributed by atoms with Crippen LogP contribution in [0.3, 0.4) is 0 Å². The van der Waals surface area contributed by atoms with E-state index in [1.807, 2.05) is 0 Å². The molecule has 0 aliphatic rings. The van der Waals surface area contributed by atoms with Crippen LogP contribution in [0.25, 0.3) is 0 Å². The van der Waals surface area contributed by atoms with E-state index in [0.29, 0.717) is 34.6 Å². The molecule has 0 aliphatic carbocycles. The Morgan fingerprint density at radius 1 is 1.37 bits per heavy atom. The summed E-state index contributed by atoms with van der Waals surface area (Å²) in [4.78, 5) is 14.7. The second kappa shape index (κ2) is 6.84. The van der Waals surface area contributed by atoms with E-state index in [0.717, 1.165) is 0 Å². The molecule has 0 saturated carbocycles. The summed E-state index contributed by atoms with van der Waals surface area (Å²) in [5, 5.41) is 14.1. The number of hydrogen-bond donors (Lipinski definition) is 1. The lowest BCUT2D eigenvalue weighted by Gasteiger charge is -2.25. The van der Waals surface area contributed by atoms with Gasteiger partial charge in [0.1, 0.15) is 0 Å². The van der Waals surface area contributed by atoms with Crippen LogP contribution in [0.15, 0.2) is 16.7 Å². The lowest BCUT2D eigenvalue weighted by Crippen LogP contribution is -2.25. The van der Waals surface area contributed by atoms with Crippen molar-refractivity contribution >= 4 is 27.4 Å². The fraction of sp³-hybridized carbons (Fsp3) is 0.615. The minimum atomic E-state index is -0.417. The van der Waals surface area contributed by atoms with Crippen molar-refractivity contribution < 1.29 is 4.92 Å². The first-order chi connectivity index (χ1) is 8.82. The number of nitrogens with one attached hydrogen (secondary N) is 1. The molecule has 19 heavy (non-hydrogen) atoms. The Kier molecular flexibility index (Phi) is 5.72. The smallest absolute Gasteiger partial charge is 0.312 e. The van der Waals surface area contributed by atoms with Crippen molar-refractivity contribution in [3.8, 4) is 0 Å². The third-order valence-corrected chi connectivity index (χ3v) is 3.68.